The number of benzene rings is 1. The minimum atomic E-state index is -0.430. The van der Waals surface area contributed by atoms with Gasteiger partial charge in [0, 0.05) is 18.7 Å². The van der Waals surface area contributed by atoms with E-state index in [1.807, 2.05) is 30.0 Å². The molecule has 1 fully saturated rings. The number of hydrogen-bond acceptors (Lipinski definition) is 2. The molecule has 0 aliphatic carbocycles. The van der Waals surface area contributed by atoms with Crippen molar-refractivity contribution in [2.75, 3.05) is 13.1 Å². The number of nitrogens with one attached hydrogen (secondary N) is 1. The smallest absolute Gasteiger partial charge is 0.251 e. The van der Waals surface area contributed by atoms with Gasteiger partial charge in [-0.05, 0) is 50.7 Å². The van der Waals surface area contributed by atoms with E-state index in [0.29, 0.717) is 17.9 Å². The van der Waals surface area contributed by atoms with Crippen molar-refractivity contribution in [3.8, 4) is 0 Å². The molecule has 1 aliphatic heterocycles. The third kappa shape index (κ3) is 5.08. The second-order valence-electron chi connectivity index (χ2n) is 6.91. The van der Waals surface area contributed by atoms with Gasteiger partial charge in [-0.3, -0.25) is 9.59 Å². The number of likely N-dealkylation sites (tertiary alicyclic amines) is 1. The first-order valence-corrected chi connectivity index (χ1v) is 8.63. The molecule has 2 amide bonds. The first kappa shape index (κ1) is 17.5. The van der Waals surface area contributed by atoms with Crippen molar-refractivity contribution >= 4 is 11.8 Å². The predicted octanol–water partition coefficient (Wildman–Crippen LogP) is 3.15. The number of nitrogens with zero attached hydrogens (tertiary/aromatic N) is 1. The van der Waals surface area contributed by atoms with Crippen LogP contribution in [0.3, 0.4) is 0 Å². The van der Waals surface area contributed by atoms with Crippen molar-refractivity contribution in [2.45, 2.75) is 52.5 Å². The van der Waals surface area contributed by atoms with Crippen molar-refractivity contribution in [3.05, 3.63) is 35.4 Å². The molecule has 0 radical (unpaired) electrons. The molecule has 0 aromatic heterocycles. The minimum Gasteiger partial charge on any atom is -0.341 e. The average molecular weight is 316 g/mol. The molecule has 1 atom stereocenters. The summed E-state index contributed by atoms with van der Waals surface area (Å²) in [5.41, 5.74) is 1.66. The second-order valence-corrected chi connectivity index (χ2v) is 6.91. The number of carbonyl (C=O) groups is 2. The van der Waals surface area contributed by atoms with E-state index in [1.54, 1.807) is 6.07 Å². The zero-order valence-electron chi connectivity index (χ0n) is 14.5. The van der Waals surface area contributed by atoms with E-state index in [0.717, 1.165) is 31.5 Å². The molecule has 126 valence electrons. The molecule has 1 aromatic carbocycles. The fourth-order valence-electron chi connectivity index (χ4n) is 3.06. The first-order chi connectivity index (χ1) is 11.0. The average Bonchev–Trinajstić information content (AvgIpc) is 2.54. The number of hydrogen-bond donors (Lipinski definition) is 1. The molecule has 1 aliphatic rings. The van der Waals surface area contributed by atoms with Gasteiger partial charge in [0.05, 0.1) is 0 Å². The van der Waals surface area contributed by atoms with Gasteiger partial charge >= 0.3 is 0 Å². The van der Waals surface area contributed by atoms with E-state index in [2.05, 4.69) is 19.2 Å². The zero-order valence-corrected chi connectivity index (χ0v) is 14.5. The van der Waals surface area contributed by atoms with Gasteiger partial charge in [-0.2, -0.15) is 0 Å². The summed E-state index contributed by atoms with van der Waals surface area (Å²) in [6.45, 7) is 7.74. The lowest BCUT2D eigenvalue weighted by molar-refractivity contribution is -0.134. The third-order valence-corrected chi connectivity index (χ3v) is 4.26. The Morgan fingerprint density at radius 3 is 2.48 bits per heavy atom. The number of piperidine rings is 1. The Kier molecular flexibility index (Phi) is 6.20. The van der Waals surface area contributed by atoms with Crippen molar-refractivity contribution in [2.24, 2.45) is 5.92 Å². The zero-order chi connectivity index (χ0) is 16.8. The largest absolute Gasteiger partial charge is 0.341 e. The van der Waals surface area contributed by atoms with E-state index in [4.69, 9.17) is 0 Å². The SMILES string of the molecule is Cc1cccc(C(=O)N[C@@H](CC(C)C)C(=O)N2CCCCC2)c1. The minimum absolute atomic E-state index is 0.0689. The molecule has 1 N–H and O–H groups in total. The Bertz CT molecular complexity index is 548. The van der Waals surface area contributed by atoms with E-state index >= 15 is 0 Å². The van der Waals surface area contributed by atoms with E-state index in [-0.39, 0.29) is 11.8 Å². The van der Waals surface area contributed by atoms with Gasteiger partial charge in [0.1, 0.15) is 6.04 Å². The molecule has 0 saturated carbocycles. The van der Waals surface area contributed by atoms with Crippen molar-refractivity contribution in [3.63, 3.8) is 0 Å². The van der Waals surface area contributed by atoms with Gasteiger partial charge in [-0.1, -0.05) is 31.5 Å². The van der Waals surface area contributed by atoms with Crippen LogP contribution in [0.4, 0.5) is 0 Å². The summed E-state index contributed by atoms with van der Waals surface area (Å²) >= 11 is 0. The van der Waals surface area contributed by atoms with E-state index in [9.17, 15) is 9.59 Å². The summed E-state index contributed by atoms with van der Waals surface area (Å²) in [6.07, 6.45) is 3.99. The van der Waals surface area contributed by atoms with Crippen LogP contribution in [0.2, 0.25) is 0 Å². The summed E-state index contributed by atoms with van der Waals surface area (Å²) in [6, 6.07) is 7.05. The van der Waals surface area contributed by atoms with Crippen LogP contribution < -0.4 is 5.32 Å². The molecule has 1 aromatic rings. The number of rotatable bonds is 5. The van der Waals surface area contributed by atoms with Crippen LogP contribution in [0.1, 0.15) is 55.5 Å². The molecule has 4 heteroatoms. The number of amides is 2. The Balaban J connectivity index is 2.08. The Labute approximate surface area is 139 Å². The van der Waals surface area contributed by atoms with Gasteiger partial charge in [-0.15, -0.1) is 0 Å². The van der Waals surface area contributed by atoms with Crippen LogP contribution in [0.15, 0.2) is 24.3 Å². The molecule has 23 heavy (non-hydrogen) atoms. The normalized spacial score (nSPS) is 16.3. The highest BCUT2D eigenvalue weighted by Crippen LogP contribution is 2.14. The Morgan fingerprint density at radius 2 is 1.87 bits per heavy atom. The maximum atomic E-state index is 12.8. The van der Waals surface area contributed by atoms with Gasteiger partial charge < -0.3 is 10.2 Å². The Morgan fingerprint density at radius 1 is 1.17 bits per heavy atom. The Hall–Kier alpha value is -1.84. The van der Waals surface area contributed by atoms with E-state index in [1.165, 1.54) is 6.42 Å². The third-order valence-electron chi connectivity index (χ3n) is 4.26. The predicted molar refractivity (Wildman–Crippen MR) is 92.3 cm³/mol. The summed E-state index contributed by atoms with van der Waals surface area (Å²) in [5, 5.41) is 2.96. The molecule has 2 rings (SSSR count). The van der Waals surface area contributed by atoms with Crippen LogP contribution in [-0.4, -0.2) is 35.8 Å². The van der Waals surface area contributed by atoms with Gasteiger partial charge in [0.15, 0.2) is 0 Å². The molecule has 0 unspecified atom stereocenters. The summed E-state index contributed by atoms with van der Waals surface area (Å²) in [5.74, 6) is 0.260. The number of carbonyl (C=O) groups excluding carboxylic acids is 2. The topological polar surface area (TPSA) is 49.4 Å². The highest BCUT2D eigenvalue weighted by Gasteiger charge is 2.27. The maximum Gasteiger partial charge on any atom is 0.251 e. The fraction of sp³-hybridized carbons (Fsp3) is 0.579. The summed E-state index contributed by atoms with van der Waals surface area (Å²) < 4.78 is 0. The standard InChI is InChI=1S/C19H28N2O2/c1-14(2)12-17(19(23)21-10-5-4-6-11-21)20-18(22)16-9-7-8-15(3)13-16/h7-9,13-14,17H,4-6,10-12H2,1-3H3,(H,20,22)/t17-/m0/s1. The molecular weight excluding hydrogens is 288 g/mol. The van der Waals surface area contributed by atoms with Crippen LogP contribution in [-0.2, 0) is 4.79 Å². The van der Waals surface area contributed by atoms with Gasteiger partial charge in [0.25, 0.3) is 5.91 Å². The monoisotopic (exact) mass is 316 g/mol. The highest BCUT2D eigenvalue weighted by molar-refractivity contribution is 5.97. The second kappa shape index (κ2) is 8.14. The van der Waals surface area contributed by atoms with Crippen molar-refractivity contribution in [1.82, 2.24) is 10.2 Å². The van der Waals surface area contributed by atoms with Crippen LogP contribution >= 0.6 is 0 Å². The number of aryl methyl sites for hydroxylation is 1. The van der Waals surface area contributed by atoms with Crippen LogP contribution in [0.5, 0.6) is 0 Å². The molecule has 1 saturated heterocycles. The quantitative estimate of drug-likeness (QED) is 0.907. The van der Waals surface area contributed by atoms with Crippen molar-refractivity contribution < 1.29 is 9.59 Å². The fourth-order valence-corrected chi connectivity index (χ4v) is 3.06. The van der Waals surface area contributed by atoms with Gasteiger partial charge in [0.2, 0.25) is 5.91 Å². The molecule has 4 nitrogen and oxygen atoms in total. The molecule has 0 spiro atoms. The first-order valence-electron chi connectivity index (χ1n) is 8.63. The molecular formula is C19H28N2O2. The van der Waals surface area contributed by atoms with Crippen molar-refractivity contribution in [1.29, 1.82) is 0 Å². The highest BCUT2D eigenvalue weighted by atomic mass is 16.2. The van der Waals surface area contributed by atoms with E-state index < -0.39 is 6.04 Å². The summed E-state index contributed by atoms with van der Waals surface area (Å²) in [7, 11) is 0. The lowest BCUT2D eigenvalue weighted by Crippen LogP contribution is -2.50. The van der Waals surface area contributed by atoms with Crippen LogP contribution in [0.25, 0.3) is 0 Å². The van der Waals surface area contributed by atoms with Gasteiger partial charge in [-0.25, -0.2) is 0 Å². The lowest BCUT2D eigenvalue weighted by atomic mass is 10.0. The lowest BCUT2D eigenvalue weighted by Gasteiger charge is -2.31. The maximum absolute atomic E-state index is 12.8. The molecule has 0 bridgehead atoms. The summed E-state index contributed by atoms with van der Waals surface area (Å²) in [4.78, 5) is 27.2. The van der Waals surface area contributed by atoms with Crippen LogP contribution in [0, 0.1) is 12.8 Å². The molecule has 1 heterocycles.